The van der Waals surface area contributed by atoms with Gasteiger partial charge in [0.25, 0.3) is 11.8 Å². The number of carbonyl (C=O) groups is 3. The molecule has 2 rings (SSSR count). The van der Waals surface area contributed by atoms with Gasteiger partial charge in [-0.05, 0) is 50.3 Å². The second-order valence-electron chi connectivity index (χ2n) is 7.52. The maximum absolute atomic E-state index is 13.0. The summed E-state index contributed by atoms with van der Waals surface area (Å²) in [5, 5.41) is 3.78. The molecule has 174 valence electrons. The highest BCUT2D eigenvalue weighted by molar-refractivity contribution is 7.91. The maximum atomic E-state index is 13.0. The molecule has 12 heteroatoms. The van der Waals surface area contributed by atoms with Crippen molar-refractivity contribution in [2.45, 2.75) is 63.4 Å². The van der Waals surface area contributed by atoms with Crippen LogP contribution >= 0.6 is 0 Å². The van der Waals surface area contributed by atoms with Crippen LogP contribution in [0.25, 0.3) is 10.4 Å². The molecule has 1 heterocycles. The second kappa shape index (κ2) is 11.5. The van der Waals surface area contributed by atoms with E-state index in [2.05, 4.69) is 10.0 Å². The molecule has 1 aromatic carbocycles. The van der Waals surface area contributed by atoms with Gasteiger partial charge in [0, 0.05) is 24.3 Å². The Balaban J connectivity index is 2.08. The van der Waals surface area contributed by atoms with Gasteiger partial charge in [-0.1, -0.05) is 34.3 Å². The van der Waals surface area contributed by atoms with Gasteiger partial charge in [-0.3, -0.25) is 14.4 Å². The molecule has 2 amide bonds. The molecular weight excluding hydrogens is 440 g/mol. The lowest BCUT2D eigenvalue weighted by molar-refractivity contribution is -0.178. The monoisotopic (exact) mass is 466 g/mol. The van der Waals surface area contributed by atoms with Gasteiger partial charge in [0.05, 0.1) is 10.6 Å². The first-order valence-corrected chi connectivity index (χ1v) is 11.8. The fourth-order valence-electron chi connectivity index (χ4n) is 3.33. The summed E-state index contributed by atoms with van der Waals surface area (Å²) in [6.07, 6.45) is -0.573. The van der Waals surface area contributed by atoms with Gasteiger partial charge >= 0.3 is 6.16 Å². The third-order valence-corrected chi connectivity index (χ3v) is 6.79. The summed E-state index contributed by atoms with van der Waals surface area (Å²) in [4.78, 5) is 42.9. The van der Waals surface area contributed by atoms with Crippen molar-refractivity contribution in [1.29, 1.82) is 0 Å². The number of hydrogen-bond acceptors (Lipinski definition) is 8. The number of nitrogens with zero attached hydrogens (tertiary/aromatic N) is 4. The highest BCUT2D eigenvalue weighted by Gasteiger charge is 2.34. The average Bonchev–Trinajstić information content (AvgIpc) is 3.01. The lowest BCUT2D eigenvalue weighted by Gasteiger charge is -2.20. The molecule has 0 N–H and O–H groups in total. The highest BCUT2D eigenvalue weighted by Crippen LogP contribution is 2.22. The fraction of sp³-hybridized carbons (Fsp3) is 0.550. The normalized spacial score (nSPS) is 14.8. The number of ether oxygens (including phenoxy) is 1. The minimum absolute atomic E-state index is 0.0677. The van der Waals surface area contributed by atoms with Crippen LogP contribution in [0.4, 0.5) is 4.79 Å². The third kappa shape index (κ3) is 7.24. The molecule has 11 nitrogen and oxygen atoms in total. The Hall–Kier alpha value is -3.11. The summed E-state index contributed by atoms with van der Waals surface area (Å²) in [7, 11) is -3.80. The summed E-state index contributed by atoms with van der Waals surface area (Å²) >= 11 is 0. The Morgan fingerprint density at radius 1 is 1.19 bits per heavy atom. The number of imide groups is 1. The van der Waals surface area contributed by atoms with Crippen molar-refractivity contribution in [2.24, 2.45) is 5.11 Å². The first-order valence-electron chi connectivity index (χ1n) is 10.2. The Morgan fingerprint density at radius 2 is 1.88 bits per heavy atom. The zero-order valence-corrected chi connectivity index (χ0v) is 18.8. The summed E-state index contributed by atoms with van der Waals surface area (Å²) in [6, 6.07) is 4.94. The van der Waals surface area contributed by atoms with Crippen LogP contribution in [0, 0.1) is 13.8 Å². The zero-order valence-electron chi connectivity index (χ0n) is 18.0. The maximum Gasteiger partial charge on any atom is 0.534 e. The van der Waals surface area contributed by atoms with Gasteiger partial charge < -0.3 is 4.74 Å². The predicted octanol–water partition coefficient (Wildman–Crippen LogP) is 3.53. The molecule has 1 aliphatic rings. The lowest BCUT2D eigenvalue weighted by Crippen LogP contribution is -2.35. The van der Waals surface area contributed by atoms with E-state index in [9.17, 15) is 22.8 Å². The first-order chi connectivity index (χ1) is 15.1. The van der Waals surface area contributed by atoms with Crippen LogP contribution in [0.1, 0.15) is 49.7 Å². The van der Waals surface area contributed by atoms with Crippen LogP contribution in [-0.2, 0) is 29.0 Å². The lowest BCUT2D eigenvalue weighted by atomic mass is 10.1. The van der Waals surface area contributed by atoms with Gasteiger partial charge in [0.2, 0.25) is 0 Å². The fourth-order valence-corrected chi connectivity index (χ4v) is 5.05. The van der Waals surface area contributed by atoms with Crippen LogP contribution in [0.3, 0.4) is 0 Å². The number of aryl methyl sites for hydroxylation is 2. The van der Waals surface area contributed by atoms with Crippen LogP contribution in [-0.4, -0.2) is 49.9 Å². The van der Waals surface area contributed by atoms with Gasteiger partial charge in [-0.15, -0.1) is 0 Å². The minimum Gasteiger partial charge on any atom is -0.428 e. The predicted molar refractivity (Wildman–Crippen MR) is 113 cm³/mol. The minimum atomic E-state index is -3.80. The Morgan fingerprint density at radius 3 is 2.50 bits per heavy atom. The number of hydrogen-bond donors (Lipinski definition) is 0. The molecule has 1 atom stereocenters. The summed E-state index contributed by atoms with van der Waals surface area (Å²) in [5.74, 6) is -1.81. The molecule has 0 radical (unpaired) electrons. The van der Waals surface area contributed by atoms with Crippen LogP contribution in [0.15, 0.2) is 28.2 Å². The van der Waals surface area contributed by atoms with E-state index < -0.39 is 39.7 Å². The number of amides is 2. The van der Waals surface area contributed by atoms with Crippen molar-refractivity contribution in [2.75, 3.05) is 12.3 Å². The third-order valence-electron chi connectivity index (χ3n) is 4.85. The van der Waals surface area contributed by atoms with Crippen molar-refractivity contribution < 1.29 is 32.4 Å². The molecule has 1 aromatic rings. The molecule has 0 bridgehead atoms. The zero-order chi connectivity index (χ0) is 23.7. The smallest absolute Gasteiger partial charge is 0.428 e. The number of rotatable bonds is 11. The number of azide groups is 1. The Labute approximate surface area is 186 Å². The largest absolute Gasteiger partial charge is 0.534 e. The van der Waals surface area contributed by atoms with Gasteiger partial charge in [0.15, 0.2) is 9.84 Å². The van der Waals surface area contributed by atoms with E-state index in [4.69, 9.17) is 15.1 Å². The van der Waals surface area contributed by atoms with Crippen LogP contribution < -0.4 is 0 Å². The summed E-state index contributed by atoms with van der Waals surface area (Å²) in [5.41, 5.74) is 9.80. The molecule has 1 fully saturated rings. The van der Waals surface area contributed by atoms with E-state index in [1.54, 1.807) is 19.1 Å². The van der Waals surface area contributed by atoms with Gasteiger partial charge in [-0.2, -0.15) is 0 Å². The SMILES string of the molecule is Cc1ccc(S(=O)(=O)CC(CCCCCN=[N+]=[N-])OC(=O)ON2C(=O)CCC2=O)c(C)c1. The Bertz CT molecular complexity index is 1000. The molecule has 1 saturated heterocycles. The summed E-state index contributed by atoms with van der Waals surface area (Å²) in [6.45, 7) is 3.84. The molecule has 1 unspecified atom stereocenters. The van der Waals surface area contributed by atoms with E-state index in [-0.39, 0.29) is 24.2 Å². The molecular formula is C20H26N4O7S. The number of hydroxylamine groups is 2. The molecule has 0 saturated carbocycles. The average molecular weight is 467 g/mol. The number of unbranched alkanes of at least 4 members (excludes halogenated alkanes) is 2. The quantitative estimate of drug-likeness (QED) is 0.121. The van der Waals surface area contributed by atoms with E-state index >= 15 is 0 Å². The van der Waals surface area contributed by atoms with Crippen molar-refractivity contribution in [1.82, 2.24) is 5.06 Å². The molecule has 0 aliphatic carbocycles. The standard InChI is InChI=1S/C20H26N4O7S/c1-14-7-8-17(15(2)12-14)32(28,29)13-16(6-4-3-5-11-22-23-21)30-20(27)31-24-18(25)9-10-19(24)26/h7-8,12,16H,3-6,9-11,13H2,1-2H3. The number of carbonyl (C=O) groups excluding carboxylic acids is 3. The Kier molecular flexibility index (Phi) is 9.03. The van der Waals surface area contributed by atoms with Crippen LogP contribution in [0.5, 0.6) is 0 Å². The van der Waals surface area contributed by atoms with Gasteiger partial charge in [-0.25, -0.2) is 13.2 Å². The van der Waals surface area contributed by atoms with Crippen LogP contribution in [0.2, 0.25) is 0 Å². The molecule has 0 aromatic heterocycles. The van der Waals surface area contributed by atoms with Crippen molar-refractivity contribution in [3.8, 4) is 0 Å². The highest BCUT2D eigenvalue weighted by atomic mass is 32.2. The topological polar surface area (TPSA) is 156 Å². The van der Waals surface area contributed by atoms with Crippen molar-refractivity contribution >= 4 is 27.8 Å². The van der Waals surface area contributed by atoms with E-state index in [0.717, 1.165) is 5.56 Å². The number of benzene rings is 1. The van der Waals surface area contributed by atoms with E-state index in [1.807, 2.05) is 6.92 Å². The van der Waals surface area contributed by atoms with E-state index in [0.29, 0.717) is 36.4 Å². The molecule has 1 aliphatic heterocycles. The summed E-state index contributed by atoms with van der Waals surface area (Å²) < 4.78 is 31.1. The van der Waals surface area contributed by atoms with E-state index in [1.165, 1.54) is 6.07 Å². The van der Waals surface area contributed by atoms with Crippen molar-refractivity contribution in [3.05, 3.63) is 39.8 Å². The molecule has 32 heavy (non-hydrogen) atoms. The van der Waals surface area contributed by atoms with Crippen molar-refractivity contribution in [3.63, 3.8) is 0 Å². The first kappa shape index (κ1) is 25.2. The second-order valence-corrected chi connectivity index (χ2v) is 9.52. The number of sulfone groups is 1. The van der Waals surface area contributed by atoms with Gasteiger partial charge in [0.1, 0.15) is 6.10 Å². The molecule has 0 spiro atoms.